The van der Waals surface area contributed by atoms with Crippen molar-refractivity contribution in [2.45, 2.75) is 33.4 Å². The summed E-state index contributed by atoms with van der Waals surface area (Å²) in [6, 6.07) is 4.21. The highest BCUT2D eigenvalue weighted by molar-refractivity contribution is 6.42. The number of carboxylic acids is 1. The highest BCUT2D eigenvalue weighted by Crippen LogP contribution is 2.22. The molecule has 0 aliphatic carbocycles. The molecule has 9 heteroatoms. The molecule has 1 aromatic carbocycles. The van der Waals surface area contributed by atoms with Crippen LogP contribution in [0.1, 0.15) is 26.3 Å². The molecule has 27 heavy (non-hydrogen) atoms. The maximum Gasteiger partial charge on any atom is 0.325 e. The third-order valence-corrected chi connectivity index (χ3v) is 4.31. The Balaban J connectivity index is 2.84. The summed E-state index contributed by atoms with van der Waals surface area (Å²) in [4.78, 5) is 23.6. The van der Waals surface area contributed by atoms with Crippen molar-refractivity contribution in [2.24, 2.45) is 0 Å². The monoisotopic (exact) mass is 412 g/mol. The molecule has 0 aromatic heterocycles. The van der Waals surface area contributed by atoms with Crippen LogP contribution in [0.25, 0.3) is 0 Å². The summed E-state index contributed by atoms with van der Waals surface area (Å²) in [7, 11) is 0. The zero-order valence-corrected chi connectivity index (χ0v) is 16.7. The molecule has 0 radical (unpaired) electrons. The average Bonchev–Trinajstić information content (AvgIpc) is 2.64. The number of rotatable bonds is 9. The summed E-state index contributed by atoms with van der Waals surface area (Å²) >= 11 is 11.9. The Morgan fingerprint density at radius 2 is 1.96 bits per heavy atom. The van der Waals surface area contributed by atoms with Crippen molar-refractivity contribution < 1.29 is 14.7 Å². The third kappa shape index (κ3) is 6.96. The van der Waals surface area contributed by atoms with Crippen LogP contribution in [0.2, 0.25) is 10.0 Å². The molecule has 1 aromatic rings. The number of hydrogen-bond acceptors (Lipinski definition) is 5. The molecule has 7 nitrogen and oxygen atoms in total. The van der Waals surface area contributed by atoms with Gasteiger partial charge in [-0.1, -0.05) is 29.3 Å². The topological polar surface area (TPSA) is 114 Å². The third-order valence-electron chi connectivity index (χ3n) is 3.57. The molecule has 0 heterocycles. The summed E-state index contributed by atoms with van der Waals surface area (Å²) in [5.41, 5.74) is 1.18. The minimum absolute atomic E-state index is 0.00980. The molecule has 0 bridgehead atoms. The standard InChI is InChI=1S/C18H22Cl2N4O3/c1-4-15(22-9-12-5-6-13(19)14(20)7-12)24-17(25)16(10(2)8-21)23-11(3)18(26)27/h4-8,11,21-23H,9H2,1-3H3,(H,24,25)(H,26,27)/b15-4+,16-10-,21-8?. The van der Waals surface area contributed by atoms with Gasteiger partial charge in [-0.15, -0.1) is 0 Å². The zero-order valence-electron chi connectivity index (χ0n) is 15.2. The minimum Gasteiger partial charge on any atom is -0.480 e. The number of amides is 1. The molecule has 0 aliphatic rings. The first kappa shape index (κ1) is 22.5. The highest BCUT2D eigenvalue weighted by atomic mass is 35.5. The number of nitrogens with one attached hydrogen (secondary N) is 4. The summed E-state index contributed by atoms with van der Waals surface area (Å²) in [5, 5.41) is 25.6. The van der Waals surface area contributed by atoms with Gasteiger partial charge in [-0.2, -0.15) is 0 Å². The van der Waals surface area contributed by atoms with Gasteiger partial charge in [-0.05, 0) is 50.1 Å². The van der Waals surface area contributed by atoms with E-state index in [-0.39, 0.29) is 5.70 Å². The normalized spacial score (nSPS) is 13.3. The van der Waals surface area contributed by atoms with Crippen LogP contribution >= 0.6 is 23.2 Å². The van der Waals surface area contributed by atoms with Crippen molar-refractivity contribution >= 4 is 41.3 Å². The number of carbonyl (C=O) groups is 2. The lowest BCUT2D eigenvalue weighted by Crippen LogP contribution is -2.42. The molecule has 1 atom stereocenters. The van der Waals surface area contributed by atoms with Crippen molar-refractivity contribution in [2.75, 3.05) is 0 Å². The Kier molecular flexibility index (Phi) is 8.84. The molecule has 0 aliphatic heterocycles. The van der Waals surface area contributed by atoms with Crippen molar-refractivity contribution in [3.8, 4) is 0 Å². The number of allylic oxidation sites excluding steroid dienone is 2. The van der Waals surface area contributed by atoms with Crippen LogP contribution in [0.4, 0.5) is 0 Å². The van der Waals surface area contributed by atoms with Gasteiger partial charge in [0.2, 0.25) is 0 Å². The average molecular weight is 413 g/mol. The van der Waals surface area contributed by atoms with E-state index in [1.54, 1.807) is 38.1 Å². The van der Waals surface area contributed by atoms with E-state index in [0.29, 0.717) is 28.0 Å². The summed E-state index contributed by atoms with van der Waals surface area (Å²) in [6.45, 7) is 5.07. The van der Waals surface area contributed by atoms with E-state index in [0.717, 1.165) is 11.8 Å². The van der Waals surface area contributed by atoms with E-state index >= 15 is 0 Å². The summed E-state index contributed by atoms with van der Waals surface area (Å²) < 4.78 is 0. The van der Waals surface area contributed by atoms with E-state index in [4.69, 9.17) is 33.7 Å². The second-order valence-corrected chi connectivity index (χ2v) is 6.48. The van der Waals surface area contributed by atoms with Gasteiger partial charge in [0, 0.05) is 12.8 Å². The Bertz CT molecular complexity index is 791. The Morgan fingerprint density at radius 3 is 2.48 bits per heavy atom. The SMILES string of the molecule is C/C=C(\NCc1ccc(Cl)c(Cl)c1)NC(=O)/C(NC(C)C(=O)O)=C(\C)C=N. The van der Waals surface area contributed by atoms with Crippen molar-refractivity contribution in [3.05, 3.63) is 57.0 Å². The molecular weight excluding hydrogens is 391 g/mol. The number of halogens is 2. The van der Waals surface area contributed by atoms with Crippen LogP contribution in [-0.4, -0.2) is 29.2 Å². The number of aliphatic carboxylic acids is 1. The van der Waals surface area contributed by atoms with Gasteiger partial charge in [0.05, 0.1) is 10.0 Å². The fourth-order valence-corrected chi connectivity index (χ4v) is 2.28. The minimum atomic E-state index is -1.11. The molecule has 1 unspecified atom stereocenters. The van der Waals surface area contributed by atoms with Crippen LogP contribution in [0.5, 0.6) is 0 Å². The van der Waals surface area contributed by atoms with Crippen LogP contribution in [-0.2, 0) is 16.1 Å². The predicted molar refractivity (Wildman–Crippen MR) is 107 cm³/mol. The fraction of sp³-hybridized carbons (Fsp3) is 0.278. The molecule has 0 saturated carbocycles. The van der Waals surface area contributed by atoms with Crippen molar-refractivity contribution in [3.63, 3.8) is 0 Å². The van der Waals surface area contributed by atoms with E-state index in [9.17, 15) is 9.59 Å². The largest absolute Gasteiger partial charge is 0.480 e. The van der Waals surface area contributed by atoms with Gasteiger partial charge in [0.25, 0.3) is 5.91 Å². The second-order valence-electron chi connectivity index (χ2n) is 5.67. The van der Waals surface area contributed by atoms with Crippen LogP contribution in [0.15, 0.2) is 41.4 Å². The molecule has 1 amide bonds. The first-order valence-corrected chi connectivity index (χ1v) is 8.81. The lowest BCUT2D eigenvalue weighted by Gasteiger charge is -2.18. The van der Waals surface area contributed by atoms with Gasteiger partial charge in [-0.25, -0.2) is 0 Å². The van der Waals surface area contributed by atoms with Crippen molar-refractivity contribution in [1.29, 1.82) is 5.41 Å². The van der Waals surface area contributed by atoms with Gasteiger partial charge in [0.15, 0.2) is 0 Å². The van der Waals surface area contributed by atoms with Gasteiger partial charge in [0.1, 0.15) is 17.6 Å². The molecule has 0 spiro atoms. The maximum absolute atomic E-state index is 12.5. The van der Waals surface area contributed by atoms with Gasteiger partial charge < -0.3 is 26.5 Å². The molecule has 146 valence electrons. The number of carboxylic acid groups (broad SMARTS) is 1. The highest BCUT2D eigenvalue weighted by Gasteiger charge is 2.19. The Morgan fingerprint density at radius 1 is 1.30 bits per heavy atom. The lowest BCUT2D eigenvalue weighted by atomic mass is 10.2. The predicted octanol–water partition coefficient (Wildman–Crippen LogP) is 3.05. The summed E-state index contributed by atoms with van der Waals surface area (Å²) in [5.74, 6) is -1.24. The number of benzene rings is 1. The number of carbonyl (C=O) groups excluding carboxylic acids is 1. The summed E-state index contributed by atoms with van der Waals surface area (Å²) in [6.07, 6.45) is 2.64. The molecular formula is C18H22Cl2N4O3. The van der Waals surface area contributed by atoms with Crippen molar-refractivity contribution in [1.82, 2.24) is 16.0 Å². The quantitative estimate of drug-likeness (QED) is 0.315. The Labute approximate surface area is 167 Å². The van der Waals surface area contributed by atoms with E-state index < -0.39 is 17.9 Å². The first-order valence-electron chi connectivity index (χ1n) is 8.05. The molecule has 5 N–H and O–H groups in total. The smallest absolute Gasteiger partial charge is 0.325 e. The van der Waals surface area contributed by atoms with E-state index in [1.165, 1.54) is 6.92 Å². The van der Waals surface area contributed by atoms with Crippen LogP contribution in [0.3, 0.4) is 0 Å². The molecule has 0 saturated heterocycles. The van der Waals surface area contributed by atoms with E-state index in [2.05, 4.69) is 16.0 Å². The van der Waals surface area contributed by atoms with E-state index in [1.807, 2.05) is 0 Å². The van der Waals surface area contributed by atoms with Gasteiger partial charge in [-0.3, -0.25) is 9.59 Å². The van der Waals surface area contributed by atoms with Crippen LogP contribution < -0.4 is 16.0 Å². The lowest BCUT2D eigenvalue weighted by molar-refractivity contribution is -0.138. The van der Waals surface area contributed by atoms with Crippen LogP contribution in [0, 0.1) is 5.41 Å². The molecule has 0 fully saturated rings. The second kappa shape index (κ2) is 10.6. The fourth-order valence-electron chi connectivity index (χ4n) is 1.96. The first-order chi connectivity index (χ1) is 12.7. The maximum atomic E-state index is 12.5. The van der Waals surface area contributed by atoms with Gasteiger partial charge >= 0.3 is 5.97 Å². The number of hydrogen-bond donors (Lipinski definition) is 5. The Hall–Kier alpha value is -2.51. The molecule has 1 rings (SSSR count). The zero-order chi connectivity index (χ0) is 20.6.